The van der Waals surface area contributed by atoms with Crippen molar-refractivity contribution in [2.45, 2.75) is 13.1 Å². The van der Waals surface area contributed by atoms with E-state index in [1.165, 1.54) is 0 Å². The van der Waals surface area contributed by atoms with Crippen molar-refractivity contribution < 1.29 is 4.52 Å². The average molecular weight is 193 g/mol. The Morgan fingerprint density at radius 3 is 3.07 bits per heavy atom. The number of nitrogens with zero attached hydrogens (tertiary/aromatic N) is 4. The molecule has 0 saturated heterocycles. The summed E-state index contributed by atoms with van der Waals surface area (Å²) in [6.45, 7) is 1.40. The SMILES string of the molecule is Cn1nncc1CNCc1ccon1. The van der Waals surface area contributed by atoms with Gasteiger partial charge in [0, 0.05) is 26.2 Å². The Labute approximate surface area is 80.9 Å². The molecule has 0 aliphatic heterocycles. The molecule has 0 saturated carbocycles. The minimum atomic E-state index is 0.682. The fourth-order valence-electron chi connectivity index (χ4n) is 1.12. The van der Waals surface area contributed by atoms with Gasteiger partial charge in [0.2, 0.25) is 0 Å². The monoisotopic (exact) mass is 193 g/mol. The summed E-state index contributed by atoms with van der Waals surface area (Å²) >= 11 is 0. The van der Waals surface area contributed by atoms with Crippen LogP contribution in [0.25, 0.3) is 0 Å². The van der Waals surface area contributed by atoms with Crippen LogP contribution >= 0.6 is 0 Å². The summed E-state index contributed by atoms with van der Waals surface area (Å²) in [5.41, 5.74) is 1.92. The lowest BCUT2D eigenvalue weighted by atomic mass is 10.4. The number of nitrogens with one attached hydrogen (secondary N) is 1. The molecular formula is C8H11N5O. The van der Waals surface area contributed by atoms with Crippen LogP contribution in [0, 0.1) is 0 Å². The molecule has 0 spiro atoms. The summed E-state index contributed by atoms with van der Waals surface area (Å²) in [7, 11) is 1.86. The first kappa shape index (κ1) is 8.89. The van der Waals surface area contributed by atoms with Gasteiger partial charge in [-0.2, -0.15) is 0 Å². The van der Waals surface area contributed by atoms with E-state index in [4.69, 9.17) is 4.52 Å². The zero-order valence-corrected chi connectivity index (χ0v) is 7.84. The third kappa shape index (κ3) is 1.97. The van der Waals surface area contributed by atoms with E-state index in [0.717, 1.165) is 17.9 Å². The van der Waals surface area contributed by atoms with E-state index in [1.807, 2.05) is 13.1 Å². The Kier molecular flexibility index (Phi) is 2.55. The molecular weight excluding hydrogens is 182 g/mol. The molecule has 6 heteroatoms. The van der Waals surface area contributed by atoms with Gasteiger partial charge in [-0.25, -0.2) is 0 Å². The molecule has 0 aliphatic rings. The van der Waals surface area contributed by atoms with E-state index >= 15 is 0 Å². The molecule has 1 N–H and O–H groups in total. The molecule has 0 amide bonds. The fraction of sp³-hybridized carbons (Fsp3) is 0.375. The van der Waals surface area contributed by atoms with Crippen molar-refractivity contribution in [2.24, 2.45) is 7.05 Å². The summed E-state index contributed by atoms with van der Waals surface area (Å²) < 4.78 is 6.44. The van der Waals surface area contributed by atoms with Gasteiger partial charge < -0.3 is 9.84 Å². The zero-order valence-electron chi connectivity index (χ0n) is 7.84. The highest BCUT2D eigenvalue weighted by Crippen LogP contribution is 1.96. The van der Waals surface area contributed by atoms with Crippen LogP contribution in [0.5, 0.6) is 0 Å². The summed E-state index contributed by atoms with van der Waals surface area (Å²) in [5.74, 6) is 0. The molecule has 14 heavy (non-hydrogen) atoms. The van der Waals surface area contributed by atoms with Crippen molar-refractivity contribution in [3.05, 3.63) is 29.9 Å². The summed E-state index contributed by atoms with van der Waals surface area (Å²) in [6, 6.07) is 1.83. The van der Waals surface area contributed by atoms with Crippen molar-refractivity contribution in [3.8, 4) is 0 Å². The van der Waals surface area contributed by atoms with E-state index in [9.17, 15) is 0 Å². The van der Waals surface area contributed by atoms with Crippen LogP contribution in [0.4, 0.5) is 0 Å². The predicted octanol–water partition coefficient (Wildman–Crippen LogP) is 0.0929. The minimum Gasteiger partial charge on any atom is -0.364 e. The van der Waals surface area contributed by atoms with Crippen LogP contribution < -0.4 is 5.32 Å². The first-order chi connectivity index (χ1) is 6.86. The third-order valence-corrected chi connectivity index (χ3v) is 1.91. The Morgan fingerprint density at radius 2 is 2.43 bits per heavy atom. The number of hydrogen-bond donors (Lipinski definition) is 1. The normalized spacial score (nSPS) is 10.6. The minimum absolute atomic E-state index is 0.682. The van der Waals surface area contributed by atoms with Crippen LogP contribution in [0.1, 0.15) is 11.4 Å². The van der Waals surface area contributed by atoms with Gasteiger partial charge in [-0.1, -0.05) is 10.4 Å². The van der Waals surface area contributed by atoms with E-state index in [2.05, 4.69) is 20.8 Å². The maximum atomic E-state index is 4.71. The summed E-state index contributed by atoms with van der Waals surface area (Å²) in [6.07, 6.45) is 3.29. The smallest absolute Gasteiger partial charge is 0.124 e. The van der Waals surface area contributed by atoms with Crippen molar-refractivity contribution in [2.75, 3.05) is 0 Å². The van der Waals surface area contributed by atoms with Gasteiger partial charge in [0.15, 0.2) is 0 Å². The standard InChI is InChI=1S/C8H11N5O/c1-13-8(6-10-12-13)5-9-4-7-2-3-14-11-7/h2-3,6,9H,4-5H2,1H3. The summed E-state index contributed by atoms with van der Waals surface area (Å²) in [5, 5.41) is 14.6. The lowest BCUT2D eigenvalue weighted by Gasteiger charge is -2.01. The van der Waals surface area contributed by atoms with Crippen LogP contribution in [-0.2, 0) is 20.1 Å². The van der Waals surface area contributed by atoms with E-state index < -0.39 is 0 Å². The average Bonchev–Trinajstić information content (AvgIpc) is 2.78. The highest BCUT2D eigenvalue weighted by atomic mass is 16.5. The first-order valence-electron chi connectivity index (χ1n) is 4.30. The predicted molar refractivity (Wildman–Crippen MR) is 48.0 cm³/mol. The van der Waals surface area contributed by atoms with Crippen LogP contribution in [-0.4, -0.2) is 20.2 Å². The maximum Gasteiger partial charge on any atom is 0.124 e. The number of rotatable bonds is 4. The van der Waals surface area contributed by atoms with Crippen LogP contribution in [0.15, 0.2) is 23.0 Å². The lowest BCUT2D eigenvalue weighted by Crippen LogP contribution is -2.15. The maximum absolute atomic E-state index is 4.71. The van der Waals surface area contributed by atoms with Crippen LogP contribution in [0.3, 0.4) is 0 Å². The van der Waals surface area contributed by atoms with E-state index in [0.29, 0.717) is 6.54 Å². The first-order valence-corrected chi connectivity index (χ1v) is 4.30. The molecule has 2 rings (SSSR count). The third-order valence-electron chi connectivity index (χ3n) is 1.91. The Balaban J connectivity index is 1.81. The Bertz CT molecular complexity index is 380. The van der Waals surface area contributed by atoms with Gasteiger partial charge in [-0.15, -0.1) is 5.10 Å². The Hall–Kier alpha value is -1.69. The van der Waals surface area contributed by atoms with Crippen molar-refractivity contribution >= 4 is 0 Å². The molecule has 0 aliphatic carbocycles. The van der Waals surface area contributed by atoms with Gasteiger partial charge in [-0.3, -0.25) is 4.68 Å². The largest absolute Gasteiger partial charge is 0.364 e. The van der Waals surface area contributed by atoms with Gasteiger partial charge in [0.05, 0.1) is 17.6 Å². The molecule has 0 unspecified atom stereocenters. The van der Waals surface area contributed by atoms with E-state index in [-0.39, 0.29) is 0 Å². The number of aryl methyl sites for hydroxylation is 1. The van der Waals surface area contributed by atoms with Gasteiger partial charge in [0.25, 0.3) is 0 Å². The molecule has 0 bridgehead atoms. The number of aromatic nitrogens is 4. The molecule has 74 valence electrons. The van der Waals surface area contributed by atoms with Gasteiger partial charge in [0.1, 0.15) is 6.26 Å². The molecule has 0 aromatic carbocycles. The second kappa shape index (κ2) is 4.01. The topological polar surface area (TPSA) is 68.8 Å². The second-order valence-electron chi connectivity index (χ2n) is 2.94. The lowest BCUT2D eigenvalue weighted by molar-refractivity contribution is 0.408. The second-order valence-corrected chi connectivity index (χ2v) is 2.94. The van der Waals surface area contributed by atoms with Crippen molar-refractivity contribution in [1.29, 1.82) is 0 Å². The highest BCUT2D eigenvalue weighted by Gasteiger charge is 2.00. The zero-order chi connectivity index (χ0) is 9.80. The Morgan fingerprint density at radius 1 is 1.50 bits per heavy atom. The molecule has 0 radical (unpaired) electrons. The fourth-order valence-corrected chi connectivity index (χ4v) is 1.12. The number of hydrogen-bond acceptors (Lipinski definition) is 5. The molecule has 2 heterocycles. The quantitative estimate of drug-likeness (QED) is 0.745. The van der Waals surface area contributed by atoms with Gasteiger partial charge >= 0.3 is 0 Å². The molecule has 0 atom stereocenters. The molecule has 2 aromatic heterocycles. The molecule has 2 aromatic rings. The highest BCUT2D eigenvalue weighted by molar-refractivity contribution is 4.96. The van der Waals surface area contributed by atoms with Gasteiger partial charge in [-0.05, 0) is 0 Å². The molecule has 6 nitrogen and oxygen atoms in total. The molecule has 0 fully saturated rings. The van der Waals surface area contributed by atoms with Crippen molar-refractivity contribution in [3.63, 3.8) is 0 Å². The van der Waals surface area contributed by atoms with Crippen LogP contribution in [0.2, 0.25) is 0 Å². The van der Waals surface area contributed by atoms with E-state index in [1.54, 1.807) is 17.1 Å². The van der Waals surface area contributed by atoms with Crippen molar-refractivity contribution in [1.82, 2.24) is 25.5 Å². The summed E-state index contributed by atoms with van der Waals surface area (Å²) in [4.78, 5) is 0.